The summed E-state index contributed by atoms with van der Waals surface area (Å²) >= 11 is 0. The molecule has 8 nitrogen and oxygen atoms in total. The number of H-pyrrole nitrogens is 2. The molecule has 1 amide bonds. The van der Waals surface area contributed by atoms with Crippen LogP contribution in [-0.4, -0.2) is 21.0 Å². The van der Waals surface area contributed by atoms with E-state index in [2.05, 4.69) is 27.8 Å². The summed E-state index contributed by atoms with van der Waals surface area (Å²) in [6.45, 7) is 0.691. The zero-order valence-corrected chi connectivity index (χ0v) is 16.2. The fraction of sp³-hybridized carbons (Fsp3) is 0.227. The Labute approximate surface area is 172 Å². The molecule has 4 rings (SSSR count). The maximum absolute atomic E-state index is 12.6. The maximum Gasteiger partial charge on any atom is 0.326 e. The molecular weight excluding hydrogens is 384 g/mol. The lowest BCUT2D eigenvalue weighted by atomic mass is 9.86. The summed E-state index contributed by atoms with van der Waals surface area (Å²) in [6, 6.07) is 15.7. The van der Waals surface area contributed by atoms with Crippen LogP contribution in [0.1, 0.15) is 46.1 Å². The summed E-state index contributed by atoms with van der Waals surface area (Å²) in [4.78, 5) is 39.8. The van der Waals surface area contributed by atoms with Crippen LogP contribution in [0, 0.1) is 0 Å². The normalized spacial score (nSPS) is 15.3. The predicted octanol–water partition coefficient (Wildman–Crippen LogP) is 2.19. The summed E-state index contributed by atoms with van der Waals surface area (Å²) in [6.07, 6.45) is 2.47. The number of anilines is 1. The molecule has 0 spiro atoms. The highest BCUT2D eigenvalue weighted by Crippen LogP contribution is 2.34. The molecule has 0 bridgehead atoms. The number of amides is 1. The number of hydrogen-bond donors (Lipinski definition) is 5. The molecule has 30 heavy (non-hydrogen) atoms. The first-order chi connectivity index (χ1) is 14.5. The van der Waals surface area contributed by atoms with Gasteiger partial charge in [-0.05, 0) is 42.0 Å². The second kappa shape index (κ2) is 8.28. The average Bonchev–Trinajstić information content (AvgIpc) is 2.75. The van der Waals surface area contributed by atoms with Gasteiger partial charge in [0.05, 0.1) is 6.04 Å². The Morgan fingerprint density at radius 1 is 1.07 bits per heavy atom. The molecule has 1 atom stereocenters. The van der Waals surface area contributed by atoms with Gasteiger partial charge in [0.1, 0.15) is 0 Å². The Bertz CT molecular complexity index is 1180. The van der Waals surface area contributed by atoms with Crippen LogP contribution < -0.4 is 21.9 Å². The quantitative estimate of drug-likeness (QED) is 0.444. The first kappa shape index (κ1) is 19.5. The molecule has 3 aromatic rings. The van der Waals surface area contributed by atoms with Crippen molar-refractivity contribution in [2.75, 3.05) is 5.32 Å². The van der Waals surface area contributed by atoms with Gasteiger partial charge < -0.3 is 15.7 Å². The van der Waals surface area contributed by atoms with E-state index < -0.39 is 28.6 Å². The summed E-state index contributed by atoms with van der Waals surface area (Å²) in [5.41, 5.74) is 2.02. The topological polar surface area (TPSA) is 127 Å². The number of fused-ring (bicyclic) bond motifs is 1. The van der Waals surface area contributed by atoms with Crippen molar-refractivity contribution in [2.45, 2.75) is 31.8 Å². The first-order valence-corrected chi connectivity index (χ1v) is 9.79. The number of carbonyl (C=O) groups excluding carboxylic acids is 1. The molecule has 0 fully saturated rings. The van der Waals surface area contributed by atoms with Crippen molar-refractivity contribution in [1.29, 1.82) is 0 Å². The number of aromatic amines is 2. The summed E-state index contributed by atoms with van der Waals surface area (Å²) in [5, 5.41) is 16.2. The third-order valence-electron chi connectivity index (χ3n) is 5.28. The van der Waals surface area contributed by atoms with Crippen molar-refractivity contribution in [1.82, 2.24) is 15.3 Å². The van der Waals surface area contributed by atoms with E-state index in [1.165, 1.54) is 5.56 Å². The molecule has 1 aromatic heterocycles. The number of nitrogens with one attached hydrogen (secondary N) is 4. The largest absolute Gasteiger partial charge is 0.501 e. The van der Waals surface area contributed by atoms with Crippen LogP contribution in [0.25, 0.3) is 0 Å². The van der Waals surface area contributed by atoms with E-state index in [0.29, 0.717) is 6.54 Å². The minimum Gasteiger partial charge on any atom is -0.501 e. The zero-order valence-electron chi connectivity index (χ0n) is 16.2. The van der Waals surface area contributed by atoms with Gasteiger partial charge in [0, 0.05) is 12.2 Å². The standard InChI is InChI=1S/C22H22N4O4/c27-19-18(25-22(30)26-21(19)29)20(28)24-17-11-5-8-14-15(17)9-4-10-16(14)23-12-13-6-2-1-3-7-13/h1-4,6-7,9-10,17,23,27H,5,8,11-12H2,(H,24,28)(H2,25,26,29,30)/t17-/m1/s1. The van der Waals surface area contributed by atoms with Crippen molar-refractivity contribution in [3.63, 3.8) is 0 Å². The Balaban J connectivity index is 1.56. The highest BCUT2D eigenvalue weighted by atomic mass is 16.3. The van der Waals surface area contributed by atoms with Crippen LogP contribution in [0.3, 0.4) is 0 Å². The van der Waals surface area contributed by atoms with Crippen LogP contribution >= 0.6 is 0 Å². The molecule has 1 aliphatic carbocycles. The first-order valence-electron chi connectivity index (χ1n) is 9.79. The van der Waals surface area contributed by atoms with Crippen LogP contribution in [0.4, 0.5) is 5.69 Å². The molecule has 8 heteroatoms. The molecule has 0 saturated carbocycles. The average molecular weight is 406 g/mol. The molecule has 1 aliphatic rings. The molecule has 2 aromatic carbocycles. The number of aromatic hydroxyl groups is 1. The molecule has 154 valence electrons. The Morgan fingerprint density at radius 3 is 2.67 bits per heavy atom. The van der Waals surface area contributed by atoms with E-state index in [1.807, 2.05) is 41.4 Å². The highest BCUT2D eigenvalue weighted by Gasteiger charge is 2.26. The van der Waals surface area contributed by atoms with Gasteiger partial charge >= 0.3 is 5.69 Å². The summed E-state index contributed by atoms with van der Waals surface area (Å²) in [7, 11) is 0. The van der Waals surface area contributed by atoms with Crippen molar-refractivity contribution in [2.24, 2.45) is 0 Å². The fourth-order valence-electron chi connectivity index (χ4n) is 3.83. The van der Waals surface area contributed by atoms with E-state index in [9.17, 15) is 19.5 Å². The Hall–Kier alpha value is -3.81. The van der Waals surface area contributed by atoms with Gasteiger partial charge in [-0.15, -0.1) is 0 Å². The molecule has 0 saturated heterocycles. The van der Waals surface area contributed by atoms with E-state index in [1.54, 1.807) is 0 Å². The lowest BCUT2D eigenvalue weighted by Gasteiger charge is -2.28. The SMILES string of the molecule is O=C(N[C@@H]1CCCc2c(NCc3ccccc3)cccc21)c1[nH]c(=O)[nH]c(=O)c1O. The van der Waals surface area contributed by atoms with Crippen molar-refractivity contribution < 1.29 is 9.90 Å². The second-order valence-corrected chi connectivity index (χ2v) is 7.26. The van der Waals surface area contributed by atoms with Gasteiger partial charge in [0.25, 0.3) is 11.5 Å². The minimum absolute atomic E-state index is 0.290. The highest BCUT2D eigenvalue weighted by molar-refractivity contribution is 5.94. The van der Waals surface area contributed by atoms with Crippen molar-refractivity contribution in [3.8, 4) is 5.75 Å². The van der Waals surface area contributed by atoms with Crippen LogP contribution in [0.2, 0.25) is 0 Å². The van der Waals surface area contributed by atoms with Crippen molar-refractivity contribution >= 4 is 11.6 Å². The molecule has 0 radical (unpaired) electrons. The molecular formula is C22H22N4O4. The number of aromatic nitrogens is 2. The molecule has 0 aliphatic heterocycles. The second-order valence-electron chi connectivity index (χ2n) is 7.26. The van der Waals surface area contributed by atoms with Crippen molar-refractivity contribution in [3.05, 3.63) is 91.8 Å². The van der Waals surface area contributed by atoms with Crippen LogP contribution in [-0.2, 0) is 13.0 Å². The van der Waals surface area contributed by atoms with Gasteiger partial charge in [0.15, 0.2) is 5.69 Å². The third-order valence-corrected chi connectivity index (χ3v) is 5.28. The van der Waals surface area contributed by atoms with E-state index in [-0.39, 0.29) is 6.04 Å². The van der Waals surface area contributed by atoms with Gasteiger partial charge in [-0.2, -0.15) is 0 Å². The number of benzene rings is 2. The van der Waals surface area contributed by atoms with Gasteiger partial charge in [-0.1, -0.05) is 42.5 Å². The van der Waals surface area contributed by atoms with E-state index >= 15 is 0 Å². The lowest BCUT2D eigenvalue weighted by molar-refractivity contribution is 0.0923. The maximum atomic E-state index is 12.6. The Kier molecular flexibility index (Phi) is 5.38. The predicted molar refractivity (Wildman–Crippen MR) is 113 cm³/mol. The molecule has 0 unspecified atom stereocenters. The van der Waals surface area contributed by atoms with E-state index in [0.717, 1.165) is 36.1 Å². The minimum atomic E-state index is -1.000. The van der Waals surface area contributed by atoms with Gasteiger partial charge in [-0.25, -0.2) is 4.79 Å². The number of hydrogen-bond acceptors (Lipinski definition) is 5. The van der Waals surface area contributed by atoms with E-state index in [4.69, 9.17) is 0 Å². The van der Waals surface area contributed by atoms with Crippen LogP contribution in [0.15, 0.2) is 58.1 Å². The monoisotopic (exact) mass is 406 g/mol. The van der Waals surface area contributed by atoms with Gasteiger partial charge in [-0.3, -0.25) is 19.6 Å². The van der Waals surface area contributed by atoms with Gasteiger partial charge in [0.2, 0.25) is 5.75 Å². The smallest absolute Gasteiger partial charge is 0.326 e. The zero-order chi connectivity index (χ0) is 21.1. The third kappa shape index (κ3) is 3.98. The molecule has 5 N–H and O–H groups in total. The van der Waals surface area contributed by atoms with Crippen LogP contribution in [0.5, 0.6) is 5.75 Å². The lowest BCUT2D eigenvalue weighted by Crippen LogP contribution is -2.35. The fourth-order valence-corrected chi connectivity index (χ4v) is 3.83. The number of carbonyl (C=O) groups is 1. The number of rotatable bonds is 5. The summed E-state index contributed by atoms with van der Waals surface area (Å²) < 4.78 is 0. The Morgan fingerprint density at radius 2 is 1.87 bits per heavy atom. The molecule has 1 heterocycles. The summed E-state index contributed by atoms with van der Waals surface area (Å²) in [5.74, 6) is -1.50.